The number of carbonyl (C=O) groups excluding carboxylic acids is 1. The van der Waals surface area contributed by atoms with Crippen molar-refractivity contribution >= 4 is 11.6 Å². The minimum absolute atomic E-state index is 0.0000179. The zero-order chi connectivity index (χ0) is 19.2. The van der Waals surface area contributed by atoms with Crippen molar-refractivity contribution in [3.63, 3.8) is 0 Å². The molecule has 1 amide bonds. The molecule has 1 aliphatic rings. The molecular formula is C23H30N2O2. The number of benzene rings is 2. The molecule has 0 spiro atoms. The highest BCUT2D eigenvalue weighted by molar-refractivity contribution is 5.95. The van der Waals surface area contributed by atoms with E-state index in [9.17, 15) is 4.79 Å². The highest BCUT2D eigenvalue weighted by atomic mass is 16.5. The molecule has 0 unspecified atom stereocenters. The third-order valence-electron chi connectivity index (χ3n) is 5.23. The van der Waals surface area contributed by atoms with Gasteiger partial charge in [0, 0.05) is 37.3 Å². The first-order chi connectivity index (χ1) is 13.1. The van der Waals surface area contributed by atoms with E-state index in [1.54, 1.807) is 7.11 Å². The SMILES string of the molecule is COc1cccc(CN2CCC(N(C(=O)C(C)C)c3ccccc3)CC2)c1. The average molecular weight is 367 g/mol. The van der Waals surface area contributed by atoms with Gasteiger partial charge in [-0.1, -0.05) is 44.2 Å². The number of methoxy groups -OCH3 is 1. The van der Waals surface area contributed by atoms with Gasteiger partial charge in [0.1, 0.15) is 5.75 Å². The quantitative estimate of drug-likeness (QED) is 0.762. The zero-order valence-corrected chi connectivity index (χ0v) is 16.6. The summed E-state index contributed by atoms with van der Waals surface area (Å²) in [5, 5.41) is 0. The Bertz CT molecular complexity index is 737. The van der Waals surface area contributed by atoms with Crippen LogP contribution in [-0.2, 0) is 11.3 Å². The molecule has 27 heavy (non-hydrogen) atoms. The van der Waals surface area contributed by atoms with Gasteiger partial charge in [-0.3, -0.25) is 9.69 Å². The van der Waals surface area contributed by atoms with E-state index in [-0.39, 0.29) is 17.9 Å². The number of ether oxygens (including phenoxy) is 1. The van der Waals surface area contributed by atoms with Crippen molar-refractivity contribution in [1.29, 1.82) is 0 Å². The summed E-state index contributed by atoms with van der Waals surface area (Å²) < 4.78 is 5.33. The molecule has 2 aromatic rings. The van der Waals surface area contributed by atoms with E-state index in [2.05, 4.69) is 17.0 Å². The fraction of sp³-hybridized carbons (Fsp3) is 0.435. The minimum Gasteiger partial charge on any atom is -0.497 e. The lowest BCUT2D eigenvalue weighted by molar-refractivity contribution is -0.122. The molecule has 2 aromatic carbocycles. The van der Waals surface area contributed by atoms with Gasteiger partial charge in [0.15, 0.2) is 0 Å². The third-order valence-corrected chi connectivity index (χ3v) is 5.23. The van der Waals surface area contributed by atoms with Crippen LogP contribution in [0.15, 0.2) is 54.6 Å². The number of para-hydroxylation sites is 1. The number of piperidine rings is 1. The van der Waals surface area contributed by atoms with Gasteiger partial charge in [0.2, 0.25) is 5.91 Å². The average Bonchev–Trinajstić information content (AvgIpc) is 2.70. The fourth-order valence-electron chi connectivity index (χ4n) is 3.75. The van der Waals surface area contributed by atoms with E-state index in [1.165, 1.54) is 5.56 Å². The van der Waals surface area contributed by atoms with Gasteiger partial charge in [0.05, 0.1) is 7.11 Å². The maximum Gasteiger partial charge on any atom is 0.229 e. The summed E-state index contributed by atoms with van der Waals surface area (Å²) in [5.41, 5.74) is 2.29. The third kappa shape index (κ3) is 4.89. The fourth-order valence-corrected chi connectivity index (χ4v) is 3.75. The number of likely N-dealkylation sites (tertiary alicyclic amines) is 1. The maximum absolute atomic E-state index is 12.9. The van der Waals surface area contributed by atoms with Gasteiger partial charge < -0.3 is 9.64 Å². The molecule has 0 saturated carbocycles. The van der Waals surface area contributed by atoms with E-state index in [0.29, 0.717) is 0 Å². The normalized spacial score (nSPS) is 15.7. The van der Waals surface area contributed by atoms with Crippen LogP contribution in [0.25, 0.3) is 0 Å². The first-order valence-corrected chi connectivity index (χ1v) is 9.82. The predicted octanol–water partition coefficient (Wildman–Crippen LogP) is 4.35. The molecule has 144 valence electrons. The van der Waals surface area contributed by atoms with Crippen LogP contribution in [-0.4, -0.2) is 37.0 Å². The van der Waals surface area contributed by atoms with Gasteiger partial charge in [-0.15, -0.1) is 0 Å². The zero-order valence-electron chi connectivity index (χ0n) is 16.6. The van der Waals surface area contributed by atoms with Crippen molar-refractivity contribution in [2.75, 3.05) is 25.1 Å². The molecule has 1 heterocycles. The molecule has 0 N–H and O–H groups in total. The lowest BCUT2D eigenvalue weighted by Crippen LogP contribution is -2.48. The van der Waals surface area contributed by atoms with Crippen molar-refractivity contribution in [2.45, 2.75) is 39.3 Å². The lowest BCUT2D eigenvalue weighted by atomic mass is 9.99. The molecule has 1 aliphatic heterocycles. The van der Waals surface area contributed by atoms with E-state index < -0.39 is 0 Å². The van der Waals surface area contributed by atoms with Crippen molar-refractivity contribution in [3.8, 4) is 5.75 Å². The van der Waals surface area contributed by atoms with Crippen molar-refractivity contribution in [1.82, 2.24) is 4.90 Å². The second-order valence-corrected chi connectivity index (χ2v) is 7.56. The molecule has 3 rings (SSSR count). The molecule has 0 radical (unpaired) electrons. The first kappa shape index (κ1) is 19.4. The molecule has 0 aliphatic carbocycles. The van der Waals surface area contributed by atoms with E-state index in [1.807, 2.05) is 61.2 Å². The largest absolute Gasteiger partial charge is 0.497 e. The van der Waals surface area contributed by atoms with E-state index >= 15 is 0 Å². The molecule has 4 nitrogen and oxygen atoms in total. The summed E-state index contributed by atoms with van der Waals surface area (Å²) in [6, 6.07) is 18.6. The van der Waals surface area contributed by atoms with Crippen LogP contribution in [0.2, 0.25) is 0 Å². The van der Waals surface area contributed by atoms with Gasteiger partial charge in [-0.25, -0.2) is 0 Å². The standard InChI is InChI=1S/C23H30N2O2/c1-18(2)23(26)25(20-9-5-4-6-10-20)21-12-14-24(15-13-21)17-19-8-7-11-22(16-19)27-3/h4-11,16,18,21H,12-15,17H2,1-3H3. The highest BCUT2D eigenvalue weighted by Crippen LogP contribution is 2.26. The summed E-state index contributed by atoms with van der Waals surface area (Å²) in [7, 11) is 1.70. The maximum atomic E-state index is 12.9. The highest BCUT2D eigenvalue weighted by Gasteiger charge is 2.30. The van der Waals surface area contributed by atoms with Gasteiger partial charge in [-0.05, 0) is 42.7 Å². The Labute approximate surface area is 162 Å². The Balaban J connectivity index is 1.66. The Morgan fingerprint density at radius 2 is 1.81 bits per heavy atom. The molecule has 1 saturated heterocycles. The van der Waals surface area contributed by atoms with E-state index in [4.69, 9.17) is 4.74 Å². The van der Waals surface area contributed by atoms with Gasteiger partial charge >= 0.3 is 0 Å². The van der Waals surface area contributed by atoms with Crippen LogP contribution in [0.5, 0.6) is 5.75 Å². The summed E-state index contributed by atoms with van der Waals surface area (Å²) in [6.07, 6.45) is 1.99. The minimum atomic E-state index is 0.0000179. The number of hydrogen-bond acceptors (Lipinski definition) is 3. The number of rotatable bonds is 6. The number of anilines is 1. The van der Waals surface area contributed by atoms with Crippen LogP contribution in [0.3, 0.4) is 0 Å². The molecule has 1 fully saturated rings. The predicted molar refractivity (Wildman–Crippen MR) is 110 cm³/mol. The first-order valence-electron chi connectivity index (χ1n) is 9.82. The summed E-state index contributed by atoms with van der Waals surface area (Å²) in [4.78, 5) is 17.4. The lowest BCUT2D eigenvalue weighted by Gasteiger charge is -2.39. The number of amides is 1. The Hall–Kier alpha value is -2.33. The Morgan fingerprint density at radius 3 is 2.44 bits per heavy atom. The Kier molecular flexibility index (Phi) is 6.51. The summed E-state index contributed by atoms with van der Waals surface area (Å²) in [6.45, 7) is 6.88. The van der Waals surface area contributed by atoms with Crippen LogP contribution in [0.1, 0.15) is 32.3 Å². The smallest absolute Gasteiger partial charge is 0.229 e. The van der Waals surface area contributed by atoms with Crippen LogP contribution in [0.4, 0.5) is 5.69 Å². The van der Waals surface area contributed by atoms with Crippen LogP contribution >= 0.6 is 0 Å². The van der Waals surface area contributed by atoms with Gasteiger partial charge in [0.25, 0.3) is 0 Å². The summed E-state index contributed by atoms with van der Waals surface area (Å²) >= 11 is 0. The van der Waals surface area contributed by atoms with Crippen LogP contribution in [0, 0.1) is 5.92 Å². The number of nitrogens with zero attached hydrogens (tertiary/aromatic N) is 2. The molecule has 0 bridgehead atoms. The Morgan fingerprint density at radius 1 is 1.11 bits per heavy atom. The topological polar surface area (TPSA) is 32.8 Å². The number of carbonyl (C=O) groups is 1. The second-order valence-electron chi connectivity index (χ2n) is 7.56. The molecule has 0 atom stereocenters. The van der Waals surface area contributed by atoms with Crippen molar-refractivity contribution in [2.24, 2.45) is 5.92 Å². The number of hydrogen-bond donors (Lipinski definition) is 0. The van der Waals surface area contributed by atoms with Gasteiger partial charge in [-0.2, -0.15) is 0 Å². The van der Waals surface area contributed by atoms with Crippen molar-refractivity contribution < 1.29 is 9.53 Å². The van der Waals surface area contributed by atoms with E-state index in [0.717, 1.165) is 43.9 Å². The van der Waals surface area contributed by atoms with Crippen LogP contribution < -0.4 is 9.64 Å². The van der Waals surface area contributed by atoms with Crippen molar-refractivity contribution in [3.05, 3.63) is 60.2 Å². The second kappa shape index (κ2) is 9.05. The monoisotopic (exact) mass is 366 g/mol. The summed E-state index contributed by atoms with van der Waals surface area (Å²) in [5.74, 6) is 1.12. The molecule has 0 aromatic heterocycles. The molecular weight excluding hydrogens is 336 g/mol. The molecule has 4 heteroatoms.